The maximum atomic E-state index is 11.4. The van der Waals surface area contributed by atoms with Crippen LogP contribution in [-0.4, -0.2) is 54.5 Å². The quantitative estimate of drug-likeness (QED) is 0.811. The van der Waals surface area contributed by atoms with Crippen LogP contribution in [0.3, 0.4) is 0 Å². The van der Waals surface area contributed by atoms with Gasteiger partial charge in [0.1, 0.15) is 0 Å². The van der Waals surface area contributed by atoms with E-state index >= 15 is 0 Å². The number of carbonyl (C=O) groups is 2. The first kappa shape index (κ1) is 14.5. The first-order valence-corrected chi connectivity index (χ1v) is 6.71. The molecule has 3 amide bonds. The van der Waals surface area contributed by atoms with Crippen LogP contribution in [0, 0.1) is 0 Å². The van der Waals surface area contributed by atoms with Crippen molar-refractivity contribution in [3.8, 4) is 0 Å². The van der Waals surface area contributed by atoms with E-state index < -0.39 is 6.03 Å². The second-order valence-electron chi connectivity index (χ2n) is 4.95. The fraction of sp³-hybridized carbons (Fsp3) is 0.429. The summed E-state index contributed by atoms with van der Waals surface area (Å²) in [6.07, 6.45) is 0. The molecule has 6 nitrogen and oxygen atoms in total. The van der Waals surface area contributed by atoms with E-state index in [1.165, 1.54) is 5.56 Å². The molecule has 2 rings (SSSR count). The number of nitrogens with zero attached hydrogens (tertiary/aromatic N) is 2. The Bertz CT molecular complexity index is 456. The van der Waals surface area contributed by atoms with Crippen molar-refractivity contribution in [2.75, 3.05) is 32.7 Å². The average Bonchev–Trinajstić information content (AvgIpc) is 2.41. The van der Waals surface area contributed by atoms with E-state index in [0.717, 1.165) is 32.7 Å². The van der Waals surface area contributed by atoms with E-state index in [0.29, 0.717) is 0 Å². The molecule has 1 aromatic carbocycles. The molecule has 6 heteroatoms. The van der Waals surface area contributed by atoms with Gasteiger partial charge in [-0.3, -0.25) is 19.9 Å². The summed E-state index contributed by atoms with van der Waals surface area (Å²) in [5.74, 6) is -0.339. The zero-order valence-corrected chi connectivity index (χ0v) is 11.4. The molecule has 20 heavy (non-hydrogen) atoms. The minimum Gasteiger partial charge on any atom is -0.351 e. The molecule has 1 heterocycles. The smallest absolute Gasteiger partial charge is 0.318 e. The van der Waals surface area contributed by atoms with Crippen LogP contribution in [-0.2, 0) is 11.3 Å². The lowest BCUT2D eigenvalue weighted by Gasteiger charge is -2.34. The lowest BCUT2D eigenvalue weighted by molar-refractivity contribution is -0.121. The van der Waals surface area contributed by atoms with Crippen LogP contribution in [0.5, 0.6) is 0 Å². The van der Waals surface area contributed by atoms with Gasteiger partial charge in [0, 0.05) is 32.7 Å². The van der Waals surface area contributed by atoms with Gasteiger partial charge in [0.05, 0.1) is 6.54 Å². The van der Waals surface area contributed by atoms with Crippen molar-refractivity contribution in [2.24, 2.45) is 5.73 Å². The second-order valence-corrected chi connectivity index (χ2v) is 4.95. The third-order valence-electron chi connectivity index (χ3n) is 3.34. The fourth-order valence-electron chi connectivity index (χ4n) is 2.33. The van der Waals surface area contributed by atoms with Gasteiger partial charge in [0.15, 0.2) is 0 Å². The number of rotatable bonds is 4. The zero-order chi connectivity index (χ0) is 14.4. The third kappa shape index (κ3) is 4.64. The molecule has 108 valence electrons. The first-order valence-electron chi connectivity index (χ1n) is 6.71. The molecular formula is C14H20N4O2. The predicted molar refractivity (Wildman–Crippen MR) is 75.9 cm³/mol. The number of imide groups is 1. The number of benzene rings is 1. The van der Waals surface area contributed by atoms with Crippen molar-refractivity contribution in [1.82, 2.24) is 15.1 Å². The minimum atomic E-state index is -0.794. The number of hydrogen-bond donors (Lipinski definition) is 2. The molecular weight excluding hydrogens is 256 g/mol. The minimum absolute atomic E-state index is 0.224. The molecule has 1 fully saturated rings. The fourth-order valence-corrected chi connectivity index (χ4v) is 2.33. The highest BCUT2D eigenvalue weighted by molar-refractivity contribution is 5.94. The van der Waals surface area contributed by atoms with Crippen molar-refractivity contribution in [1.29, 1.82) is 0 Å². The van der Waals surface area contributed by atoms with E-state index in [-0.39, 0.29) is 12.5 Å². The van der Waals surface area contributed by atoms with Gasteiger partial charge >= 0.3 is 6.03 Å². The number of primary amides is 1. The summed E-state index contributed by atoms with van der Waals surface area (Å²) in [6.45, 7) is 4.62. The highest BCUT2D eigenvalue weighted by Gasteiger charge is 2.19. The lowest BCUT2D eigenvalue weighted by atomic mass is 10.2. The van der Waals surface area contributed by atoms with Gasteiger partial charge in [-0.2, -0.15) is 0 Å². The maximum absolute atomic E-state index is 11.4. The van der Waals surface area contributed by atoms with E-state index in [1.807, 2.05) is 23.1 Å². The second kappa shape index (κ2) is 7.02. The third-order valence-corrected chi connectivity index (χ3v) is 3.34. The van der Waals surface area contributed by atoms with Gasteiger partial charge in [-0.25, -0.2) is 4.79 Å². The van der Waals surface area contributed by atoms with Crippen LogP contribution >= 0.6 is 0 Å². The molecule has 3 N–H and O–H groups in total. The zero-order valence-electron chi connectivity index (χ0n) is 11.4. The van der Waals surface area contributed by atoms with Crippen molar-refractivity contribution in [2.45, 2.75) is 6.54 Å². The molecule has 0 atom stereocenters. The number of carbonyl (C=O) groups excluding carboxylic acids is 2. The van der Waals surface area contributed by atoms with E-state index in [9.17, 15) is 9.59 Å². The highest BCUT2D eigenvalue weighted by atomic mass is 16.2. The Labute approximate surface area is 118 Å². The van der Waals surface area contributed by atoms with E-state index in [1.54, 1.807) is 0 Å². The molecule has 1 aromatic rings. The molecule has 0 saturated carbocycles. The summed E-state index contributed by atoms with van der Waals surface area (Å²) in [5.41, 5.74) is 6.21. The molecule has 0 aromatic heterocycles. The lowest BCUT2D eigenvalue weighted by Crippen LogP contribution is -2.50. The summed E-state index contributed by atoms with van der Waals surface area (Å²) in [4.78, 5) is 26.4. The Morgan fingerprint density at radius 2 is 1.65 bits per heavy atom. The Morgan fingerprint density at radius 1 is 1.05 bits per heavy atom. The number of nitrogens with two attached hydrogens (primary N) is 1. The van der Waals surface area contributed by atoms with Crippen molar-refractivity contribution < 1.29 is 9.59 Å². The van der Waals surface area contributed by atoms with Crippen LogP contribution < -0.4 is 11.1 Å². The molecule has 0 aliphatic carbocycles. The van der Waals surface area contributed by atoms with Gasteiger partial charge in [-0.05, 0) is 5.56 Å². The predicted octanol–water partition coefficient (Wildman–Crippen LogP) is -0.000900. The van der Waals surface area contributed by atoms with Gasteiger partial charge in [0.25, 0.3) is 0 Å². The van der Waals surface area contributed by atoms with Crippen LogP contribution in [0.4, 0.5) is 4.79 Å². The summed E-state index contributed by atoms with van der Waals surface area (Å²) < 4.78 is 0. The summed E-state index contributed by atoms with van der Waals surface area (Å²) in [6, 6.07) is 9.54. The Balaban J connectivity index is 1.72. The van der Waals surface area contributed by atoms with Crippen LogP contribution in [0.1, 0.15) is 5.56 Å². The Hall–Kier alpha value is -1.92. The molecule has 0 unspecified atom stereocenters. The molecule has 1 saturated heterocycles. The van der Waals surface area contributed by atoms with E-state index in [2.05, 4.69) is 22.3 Å². The maximum Gasteiger partial charge on any atom is 0.318 e. The summed E-state index contributed by atoms with van der Waals surface area (Å²) >= 11 is 0. The standard InChI is InChI=1S/C14H20N4O2/c15-14(20)16-13(19)11-18-8-6-17(7-9-18)10-12-4-2-1-3-5-12/h1-5H,6-11H2,(H3,15,16,19,20). The summed E-state index contributed by atoms with van der Waals surface area (Å²) in [5, 5.41) is 2.09. The number of amides is 3. The molecule has 0 bridgehead atoms. The number of hydrogen-bond acceptors (Lipinski definition) is 4. The molecule has 1 aliphatic heterocycles. The van der Waals surface area contributed by atoms with Crippen LogP contribution in [0.25, 0.3) is 0 Å². The number of urea groups is 1. The van der Waals surface area contributed by atoms with E-state index in [4.69, 9.17) is 5.73 Å². The van der Waals surface area contributed by atoms with Crippen LogP contribution in [0.2, 0.25) is 0 Å². The Kier molecular flexibility index (Phi) is 5.09. The van der Waals surface area contributed by atoms with Gasteiger partial charge in [0.2, 0.25) is 5.91 Å². The van der Waals surface area contributed by atoms with Crippen molar-refractivity contribution in [3.05, 3.63) is 35.9 Å². The summed E-state index contributed by atoms with van der Waals surface area (Å²) in [7, 11) is 0. The molecule has 1 aliphatic rings. The van der Waals surface area contributed by atoms with Gasteiger partial charge < -0.3 is 5.73 Å². The normalized spacial score (nSPS) is 16.8. The SMILES string of the molecule is NC(=O)NC(=O)CN1CCN(Cc2ccccc2)CC1. The van der Waals surface area contributed by atoms with Crippen molar-refractivity contribution in [3.63, 3.8) is 0 Å². The first-order chi connectivity index (χ1) is 9.63. The van der Waals surface area contributed by atoms with Crippen molar-refractivity contribution >= 4 is 11.9 Å². The van der Waals surface area contributed by atoms with Gasteiger partial charge in [-0.1, -0.05) is 30.3 Å². The highest BCUT2D eigenvalue weighted by Crippen LogP contribution is 2.07. The number of piperazine rings is 1. The topological polar surface area (TPSA) is 78.7 Å². The molecule has 0 radical (unpaired) electrons. The van der Waals surface area contributed by atoms with Crippen LogP contribution in [0.15, 0.2) is 30.3 Å². The number of nitrogens with one attached hydrogen (secondary N) is 1. The molecule has 0 spiro atoms. The average molecular weight is 276 g/mol. The Morgan fingerprint density at radius 3 is 2.25 bits per heavy atom. The monoisotopic (exact) mass is 276 g/mol. The largest absolute Gasteiger partial charge is 0.351 e. The van der Waals surface area contributed by atoms with Gasteiger partial charge in [-0.15, -0.1) is 0 Å².